The van der Waals surface area contributed by atoms with Gasteiger partial charge in [0.25, 0.3) is 5.91 Å². The Morgan fingerprint density at radius 2 is 1.77 bits per heavy atom. The van der Waals surface area contributed by atoms with Crippen LogP contribution in [0.15, 0.2) is 60.7 Å². The predicted molar refractivity (Wildman–Crippen MR) is 127 cm³/mol. The predicted octanol–water partition coefficient (Wildman–Crippen LogP) is 6.79. The monoisotopic (exact) mass is 438 g/mol. The lowest BCUT2D eigenvalue weighted by Gasteiger charge is -2.35. The first-order chi connectivity index (χ1) is 14.7. The first kappa shape index (κ1) is 21.1. The smallest absolute Gasteiger partial charge is 0.256 e. The summed E-state index contributed by atoms with van der Waals surface area (Å²) in [7, 11) is 0. The zero-order valence-corrected chi connectivity index (χ0v) is 18.8. The highest BCUT2D eigenvalue weighted by Crippen LogP contribution is 2.40. The quantitative estimate of drug-likeness (QED) is 0.459. The van der Waals surface area contributed by atoms with Crippen molar-refractivity contribution in [2.45, 2.75) is 38.6 Å². The summed E-state index contributed by atoms with van der Waals surface area (Å²) in [5.74, 6) is -0.0603. The number of thiophene rings is 1. The molecule has 3 aromatic rings. The average Bonchev–Trinajstić information content (AvgIpc) is 3.19. The van der Waals surface area contributed by atoms with Gasteiger partial charge >= 0.3 is 0 Å². The Bertz CT molecular complexity index is 978. The molecule has 0 spiro atoms. The highest BCUT2D eigenvalue weighted by atomic mass is 35.5. The van der Waals surface area contributed by atoms with Crippen LogP contribution in [0.5, 0.6) is 0 Å². The Balaban J connectivity index is 1.73. The molecule has 1 aliphatic rings. The zero-order chi connectivity index (χ0) is 20.9. The number of piperidine rings is 1. The van der Waals surface area contributed by atoms with Crippen molar-refractivity contribution in [3.8, 4) is 0 Å². The second-order valence-corrected chi connectivity index (χ2v) is 9.29. The summed E-state index contributed by atoms with van der Waals surface area (Å²) in [6.07, 6.45) is 4.65. The van der Waals surface area contributed by atoms with Gasteiger partial charge in [-0.15, -0.1) is 11.3 Å². The number of benzene rings is 2. The molecular weight excluding hydrogens is 412 g/mol. The minimum absolute atomic E-state index is 0.0603. The summed E-state index contributed by atoms with van der Waals surface area (Å²) in [5.41, 5.74) is 3.08. The number of halogens is 1. The Labute approximate surface area is 187 Å². The van der Waals surface area contributed by atoms with E-state index < -0.39 is 0 Å². The van der Waals surface area contributed by atoms with E-state index in [9.17, 15) is 4.79 Å². The molecule has 1 N–H and O–H groups in total. The number of hydrogen-bond donors (Lipinski definition) is 1. The third-order valence-electron chi connectivity index (χ3n) is 5.66. The van der Waals surface area contributed by atoms with E-state index >= 15 is 0 Å². The van der Waals surface area contributed by atoms with Gasteiger partial charge in [0.15, 0.2) is 0 Å². The summed E-state index contributed by atoms with van der Waals surface area (Å²) >= 11 is 7.86. The Morgan fingerprint density at radius 1 is 1.07 bits per heavy atom. The van der Waals surface area contributed by atoms with E-state index in [1.165, 1.54) is 35.3 Å². The fourth-order valence-corrected chi connectivity index (χ4v) is 5.26. The number of rotatable bonds is 6. The minimum atomic E-state index is -0.0603. The van der Waals surface area contributed by atoms with Crippen LogP contribution in [-0.2, 0) is 6.42 Å². The molecule has 1 aromatic heterocycles. The van der Waals surface area contributed by atoms with Crippen molar-refractivity contribution in [1.82, 2.24) is 4.90 Å². The van der Waals surface area contributed by atoms with Gasteiger partial charge in [0.1, 0.15) is 5.00 Å². The summed E-state index contributed by atoms with van der Waals surface area (Å²) < 4.78 is 0. The van der Waals surface area contributed by atoms with E-state index in [-0.39, 0.29) is 11.9 Å². The van der Waals surface area contributed by atoms with Crippen molar-refractivity contribution in [1.29, 1.82) is 0 Å². The van der Waals surface area contributed by atoms with Crippen molar-refractivity contribution in [3.05, 3.63) is 87.3 Å². The maximum atomic E-state index is 12.9. The van der Waals surface area contributed by atoms with Gasteiger partial charge < -0.3 is 5.32 Å². The van der Waals surface area contributed by atoms with E-state index in [1.54, 1.807) is 11.3 Å². The Hall–Kier alpha value is -2.14. The first-order valence-corrected chi connectivity index (χ1v) is 11.8. The van der Waals surface area contributed by atoms with Crippen LogP contribution in [0.4, 0.5) is 5.00 Å². The van der Waals surface area contributed by atoms with E-state index in [4.69, 9.17) is 11.6 Å². The molecule has 5 heteroatoms. The van der Waals surface area contributed by atoms with Crippen molar-refractivity contribution < 1.29 is 4.79 Å². The van der Waals surface area contributed by atoms with Crippen LogP contribution < -0.4 is 5.32 Å². The molecule has 1 aliphatic heterocycles. The number of hydrogen-bond acceptors (Lipinski definition) is 3. The normalized spacial score (nSPS) is 15.7. The molecule has 2 aromatic carbocycles. The molecule has 0 aliphatic carbocycles. The number of amides is 1. The Kier molecular flexibility index (Phi) is 6.88. The van der Waals surface area contributed by atoms with Gasteiger partial charge in [-0.2, -0.15) is 0 Å². The summed E-state index contributed by atoms with van der Waals surface area (Å²) in [6.45, 7) is 4.30. The maximum Gasteiger partial charge on any atom is 0.256 e. The zero-order valence-electron chi connectivity index (χ0n) is 17.2. The largest absolute Gasteiger partial charge is 0.313 e. The summed E-state index contributed by atoms with van der Waals surface area (Å²) in [4.78, 5) is 16.7. The van der Waals surface area contributed by atoms with Crippen molar-refractivity contribution >= 4 is 33.8 Å². The van der Waals surface area contributed by atoms with Gasteiger partial charge in [-0.3, -0.25) is 9.69 Å². The van der Waals surface area contributed by atoms with Crippen LogP contribution >= 0.6 is 22.9 Å². The second kappa shape index (κ2) is 9.78. The van der Waals surface area contributed by atoms with Crippen LogP contribution in [0.1, 0.15) is 58.6 Å². The molecule has 3 nitrogen and oxygen atoms in total. The highest BCUT2D eigenvalue weighted by Gasteiger charge is 2.28. The molecule has 1 atom stereocenters. The second-order valence-electron chi connectivity index (χ2n) is 7.72. The van der Waals surface area contributed by atoms with E-state index in [2.05, 4.69) is 35.3 Å². The summed E-state index contributed by atoms with van der Waals surface area (Å²) in [5, 5.41) is 4.90. The van der Waals surface area contributed by atoms with Gasteiger partial charge in [-0.25, -0.2) is 0 Å². The maximum absolute atomic E-state index is 12.9. The van der Waals surface area contributed by atoms with Crippen LogP contribution in [0.2, 0.25) is 5.02 Å². The first-order valence-electron chi connectivity index (χ1n) is 10.6. The summed E-state index contributed by atoms with van der Waals surface area (Å²) in [6, 6.07) is 20.0. The molecular formula is C25H27ClN2OS. The highest BCUT2D eigenvalue weighted by molar-refractivity contribution is 7.16. The topological polar surface area (TPSA) is 32.3 Å². The number of anilines is 1. The van der Waals surface area contributed by atoms with Gasteiger partial charge in [0.05, 0.1) is 6.04 Å². The minimum Gasteiger partial charge on any atom is -0.313 e. The molecule has 0 unspecified atom stereocenters. The molecule has 0 radical (unpaired) electrons. The molecule has 1 fully saturated rings. The van der Waals surface area contributed by atoms with Crippen molar-refractivity contribution in [2.24, 2.45) is 0 Å². The van der Waals surface area contributed by atoms with Crippen LogP contribution in [0.25, 0.3) is 0 Å². The van der Waals surface area contributed by atoms with Gasteiger partial charge in [0, 0.05) is 21.0 Å². The van der Waals surface area contributed by atoms with Gasteiger partial charge in [-0.1, -0.05) is 55.3 Å². The molecule has 30 heavy (non-hydrogen) atoms. The van der Waals surface area contributed by atoms with Crippen LogP contribution in [0, 0.1) is 0 Å². The fraction of sp³-hybridized carbons (Fsp3) is 0.320. The standard InChI is InChI=1S/C25H27ClN2OS/c1-2-21-17-22(25(30-21)27-24(29)19-9-5-3-6-10-19)23(28-15-7-4-8-16-28)18-11-13-20(26)14-12-18/h3,5-6,9-14,17,23H,2,4,7-8,15-16H2,1H3,(H,27,29)/t23-/m1/s1. The molecule has 1 amide bonds. The number of carbonyl (C=O) groups excluding carboxylic acids is 1. The lowest BCUT2D eigenvalue weighted by atomic mass is 9.95. The van der Waals surface area contributed by atoms with Crippen LogP contribution in [-0.4, -0.2) is 23.9 Å². The number of nitrogens with one attached hydrogen (secondary N) is 1. The SMILES string of the molecule is CCc1cc([C@@H](c2ccc(Cl)cc2)N2CCCCC2)c(NC(=O)c2ccccc2)s1. The number of nitrogens with zero attached hydrogens (tertiary/aromatic N) is 1. The number of carbonyl (C=O) groups is 1. The number of aryl methyl sites for hydroxylation is 1. The molecule has 0 saturated carbocycles. The van der Waals surface area contributed by atoms with Gasteiger partial charge in [0.2, 0.25) is 0 Å². The van der Waals surface area contributed by atoms with E-state index in [0.29, 0.717) is 5.56 Å². The molecule has 156 valence electrons. The molecule has 0 bridgehead atoms. The van der Waals surface area contributed by atoms with E-state index in [0.717, 1.165) is 29.5 Å². The lowest BCUT2D eigenvalue weighted by molar-refractivity contribution is 0.102. The Morgan fingerprint density at radius 3 is 2.43 bits per heavy atom. The molecule has 2 heterocycles. The third kappa shape index (κ3) is 4.77. The lowest BCUT2D eigenvalue weighted by Crippen LogP contribution is -2.34. The van der Waals surface area contributed by atoms with Gasteiger partial charge in [-0.05, 0) is 68.2 Å². The fourth-order valence-electron chi connectivity index (χ4n) is 4.11. The molecule has 4 rings (SSSR count). The number of likely N-dealkylation sites (tertiary alicyclic amines) is 1. The van der Waals surface area contributed by atoms with E-state index in [1.807, 2.05) is 42.5 Å². The third-order valence-corrected chi connectivity index (χ3v) is 7.12. The van der Waals surface area contributed by atoms with Crippen molar-refractivity contribution in [2.75, 3.05) is 18.4 Å². The average molecular weight is 439 g/mol. The van der Waals surface area contributed by atoms with Crippen molar-refractivity contribution in [3.63, 3.8) is 0 Å². The van der Waals surface area contributed by atoms with Crippen LogP contribution in [0.3, 0.4) is 0 Å². The molecule has 1 saturated heterocycles.